The molecule has 0 saturated heterocycles. The maximum absolute atomic E-state index is 12.2. The van der Waals surface area contributed by atoms with Gasteiger partial charge in [-0.05, 0) is 36.6 Å². The smallest absolute Gasteiger partial charge is 0.422 e. The zero-order valence-corrected chi connectivity index (χ0v) is 15.5. The summed E-state index contributed by atoms with van der Waals surface area (Å²) in [7, 11) is 0. The third kappa shape index (κ3) is 7.88. The van der Waals surface area contributed by atoms with Crippen molar-refractivity contribution in [2.45, 2.75) is 31.6 Å². The lowest BCUT2D eigenvalue weighted by molar-refractivity contribution is -0.153. The quantitative estimate of drug-likeness (QED) is 0.740. The molecule has 0 aliphatic carbocycles. The number of hydrogen-bond acceptors (Lipinski definition) is 3. The molecular formula is C19H22ClF3N2O2. The molecule has 0 radical (unpaired) electrons. The molecule has 0 aliphatic rings. The molecule has 2 aromatic rings. The third-order valence-electron chi connectivity index (χ3n) is 3.78. The van der Waals surface area contributed by atoms with E-state index in [1.165, 1.54) is 12.1 Å². The van der Waals surface area contributed by atoms with Gasteiger partial charge in [0, 0.05) is 0 Å². The Kier molecular flexibility index (Phi) is 8.59. The minimum absolute atomic E-state index is 0. The predicted molar refractivity (Wildman–Crippen MR) is 99.9 cm³/mol. The number of rotatable bonds is 7. The molecule has 1 amide bonds. The van der Waals surface area contributed by atoms with E-state index >= 15 is 0 Å². The molecule has 8 heteroatoms. The van der Waals surface area contributed by atoms with E-state index < -0.39 is 18.8 Å². The fraction of sp³-hybridized carbons (Fsp3) is 0.316. The van der Waals surface area contributed by atoms with Crippen LogP contribution in [0.5, 0.6) is 5.75 Å². The number of benzene rings is 2. The van der Waals surface area contributed by atoms with Gasteiger partial charge in [0.05, 0.1) is 12.1 Å². The van der Waals surface area contributed by atoms with Gasteiger partial charge in [0.15, 0.2) is 6.61 Å². The third-order valence-corrected chi connectivity index (χ3v) is 3.78. The summed E-state index contributed by atoms with van der Waals surface area (Å²) >= 11 is 0. The van der Waals surface area contributed by atoms with Crippen LogP contribution in [-0.2, 0) is 11.2 Å². The second-order valence-corrected chi connectivity index (χ2v) is 6.00. The molecule has 4 nitrogen and oxygen atoms in total. The maximum atomic E-state index is 12.2. The molecule has 1 unspecified atom stereocenters. The summed E-state index contributed by atoms with van der Waals surface area (Å²) in [4.78, 5) is 12.2. The van der Waals surface area contributed by atoms with E-state index in [0.29, 0.717) is 6.42 Å². The summed E-state index contributed by atoms with van der Waals surface area (Å²) in [6.45, 7) is 0.436. The van der Waals surface area contributed by atoms with Gasteiger partial charge >= 0.3 is 6.18 Å². The Morgan fingerprint density at radius 3 is 2.26 bits per heavy atom. The van der Waals surface area contributed by atoms with E-state index in [9.17, 15) is 18.0 Å². The molecule has 2 atom stereocenters. The molecule has 0 aliphatic heterocycles. The van der Waals surface area contributed by atoms with Crippen LogP contribution in [0.4, 0.5) is 13.2 Å². The number of nitrogens with two attached hydrogens (primary N) is 1. The molecule has 3 N–H and O–H groups in total. The molecule has 0 bridgehead atoms. The average molecular weight is 403 g/mol. The summed E-state index contributed by atoms with van der Waals surface area (Å²) in [5.41, 5.74) is 7.65. The molecule has 0 fully saturated rings. The normalized spacial score (nSPS) is 13.2. The molecule has 0 heterocycles. The van der Waals surface area contributed by atoms with Crippen molar-refractivity contribution in [3.63, 3.8) is 0 Å². The minimum atomic E-state index is -4.38. The van der Waals surface area contributed by atoms with Gasteiger partial charge in [0.1, 0.15) is 5.75 Å². The standard InChI is InChI=1S/C19H21F3N2O2.ClH/c1-13(15-7-9-16(10-8-15)26-12-19(20,21)22)24-18(25)17(23)11-14-5-3-2-4-6-14;/h2-10,13,17H,11-12,23H2,1H3,(H,24,25);1H/t13?,17-;/m0./s1. The van der Waals surface area contributed by atoms with E-state index in [1.54, 1.807) is 19.1 Å². The molecular weight excluding hydrogens is 381 g/mol. The van der Waals surface area contributed by atoms with Gasteiger partial charge in [-0.1, -0.05) is 42.5 Å². The number of amides is 1. The zero-order valence-electron chi connectivity index (χ0n) is 14.7. The molecule has 2 rings (SSSR count). The van der Waals surface area contributed by atoms with Crippen LogP contribution >= 0.6 is 12.4 Å². The van der Waals surface area contributed by atoms with Crippen LogP contribution in [-0.4, -0.2) is 24.7 Å². The lowest BCUT2D eigenvalue weighted by Crippen LogP contribution is -2.42. The van der Waals surface area contributed by atoms with E-state index in [-0.39, 0.29) is 30.1 Å². The number of alkyl halides is 3. The first-order valence-electron chi connectivity index (χ1n) is 8.14. The summed E-state index contributed by atoms with van der Waals surface area (Å²) in [5.74, 6) is -0.177. The summed E-state index contributed by atoms with van der Waals surface area (Å²) in [6, 6.07) is 14.5. The van der Waals surface area contributed by atoms with Crippen molar-refractivity contribution in [2.75, 3.05) is 6.61 Å². The lowest BCUT2D eigenvalue weighted by atomic mass is 10.0. The van der Waals surface area contributed by atoms with Gasteiger partial charge in [-0.3, -0.25) is 4.79 Å². The van der Waals surface area contributed by atoms with E-state index in [2.05, 4.69) is 10.1 Å². The number of nitrogens with one attached hydrogen (secondary N) is 1. The summed E-state index contributed by atoms with van der Waals surface area (Å²) < 4.78 is 41.1. The average Bonchev–Trinajstić information content (AvgIpc) is 2.60. The van der Waals surface area contributed by atoms with Crippen molar-refractivity contribution in [1.29, 1.82) is 0 Å². The second-order valence-electron chi connectivity index (χ2n) is 6.00. The molecule has 0 spiro atoms. The molecule has 27 heavy (non-hydrogen) atoms. The fourth-order valence-electron chi connectivity index (χ4n) is 2.38. The number of carbonyl (C=O) groups is 1. The Morgan fingerprint density at radius 2 is 1.70 bits per heavy atom. The van der Waals surface area contributed by atoms with Crippen LogP contribution in [0.15, 0.2) is 54.6 Å². The number of hydrogen-bond donors (Lipinski definition) is 2. The van der Waals surface area contributed by atoms with Crippen LogP contribution in [0.25, 0.3) is 0 Å². The Balaban J connectivity index is 0.00000364. The van der Waals surface area contributed by atoms with Gasteiger partial charge < -0.3 is 15.8 Å². The van der Waals surface area contributed by atoms with Crippen molar-refractivity contribution >= 4 is 18.3 Å². The molecule has 148 valence electrons. The fourth-order valence-corrected chi connectivity index (χ4v) is 2.38. The first-order chi connectivity index (χ1) is 12.2. The first-order valence-corrected chi connectivity index (χ1v) is 8.14. The minimum Gasteiger partial charge on any atom is -0.484 e. The summed E-state index contributed by atoms with van der Waals surface area (Å²) in [5, 5.41) is 2.81. The van der Waals surface area contributed by atoms with Crippen LogP contribution in [0.2, 0.25) is 0 Å². The highest BCUT2D eigenvalue weighted by Crippen LogP contribution is 2.21. The number of halogens is 4. The van der Waals surface area contributed by atoms with Crippen molar-refractivity contribution < 1.29 is 22.7 Å². The van der Waals surface area contributed by atoms with E-state index in [0.717, 1.165) is 11.1 Å². The van der Waals surface area contributed by atoms with Crippen LogP contribution < -0.4 is 15.8 Å². The summed E-state index contributed by atoms with van der Waals surface area (Å²) in [6.07, 6.45) is -3.96. The Hall–Kier alpha value is -2.25. The maximum Gasteiger partial charge on any atom is 0.422 e. The number of carbonyl (C=O) groups excluding carboxylic acids is 1. The lowest BCUT2D eigenvalue weighted by Gasteiger charge is -2.18. The van der Waals surface area contributed by atoms with Crippen LogP contribution in [0.3, 0.4) is 0 Å². The molecule has 2 aromatic carbocycles. The Morgan fingerprint density at radius 1 is 1.11 bits per heavy atom. The van der Waals surface area contributed by atoms with Crippen molar-refractivity contribution in [3.8, 4) is 5.75 Å². The Labute approximate surface area is 162 Å². The van der Waals surface area contributed by atoms with E-state index in [1.807, 2.05) is 30.3 Å². The zero-order chi connectivity index (χ0) is 19.2. The first kappa shape index (κ1) is 22.8. The predicted octanol–water partition coefficient (Wildman–Crippen LogP) is 3.80. The monoisotopic (exact) mass is 402 g/mol. The highest BCUT2D eigenvalue weighted by atomic mass is 35.5. The van der Waals surface area contributed by atoms with Crippen LogP contribution in [0, 0.1) is 0 Å². The Bertz CT molecular complexity index is 709. The highest BCUT2D eigenvalue weighted by molar-refractivity contribution is 5.85. The van der Waals surface area contributed by atoms with E-state index in [4.69, 9.17) is 5.73 Å². The van der Waals surface area contributed by atoms with Gasteiger partial charge in [-0.15, -0.1) is 12.4 Å². The van der Waals surface area contributed by atoms with Gasteiger partial charge in [0.2, 0.25) is 5.91 Å². The van der Waals surface area contributed by atoms with Crippen molar-refractivity contribution in [1.82, 2.24) is 5.32 Å². The van der Waals surface area contributed by atoms with Crippen LogP contribution in [0.1, 0.15) is 24.1 Å². The second kappa shape index (κ2) is 10.2. The largest absolute Gasteiger partial charge is 0.484 e. The topological polar surface area (TPSA) is 64.4 Å². The van der Waals surface area contributed by atoms with Gasteiger partial charge in [0.25, 0.3) is 0 Å². The molecule has 0 aromatic heterocycles. The van der Waals surface area contributed by atoms with Crippen molar-refractivity contribution in [2.24, 2.45) is 5.73 Å². The SMILES string of the molecule is CC(NC(=O)[C@@H](N)Cc1ccccc1)c1ccc(OCC(F)(F)F)cc1.Cl. The van der Waals surface area contributed by atoms with Crippen molar-refractivity contribution in [3.05, 3.63) is 65.7 Å². The highest BCUT2D eigenvalue weighted by Gasteiger charge is 2.28. The van der Waals surface area contributed by atoms with Gasteiger partial charge in [-0.25, -0.2) is 0 Å². The number of ether oxygens (including phenoxy) is 1. The molecule has 0 saturated carbocycles. The van der Waals surface area contributed by atoms with Gasteiger partial charge in [-0.2, -0.15) is 13.2 Å².